The summed E-state index contributed by atoms with van der Waals surface area (Å²) in [4.78, 5) is 9.34. The maximum atomic E-state index is 7.03. The first-order valence-corrected chi connectivity index (χ1v) is 43.8. The van der Waals surface area contributed by atoms with E-state index >= 15 is 0 Å². The number of furan rings is 3. The molecule has 0 aliphatic heterocycles. The van der Waals surface area contributed by atoms with Gasteiger partial charge in [0.05, 0.1) is 28.4 Å². The second-order valence-corrected chi connectivity index (χ2v) is 33.1. The number of aryl methyl sites for hydroxylation is 3. The van der Waals surface area contributed by atoms with E-state index in [-0.39, 0.29) is 0 Å². The van der Waals surface area contributed by atoms with Crippen LogP contribution >= 0.6 is 0 Å². The number of benzene rings is 21. The van der Waals surface area contributed by atoms with Gasteiger partial charge in [0.1, 0.15) is 27.9 Å². The van der Waals surface area contributed by atoms with Crippen molar-refractivity contribution >= 4 is 177 Å². The number of fused-ring (bicyclic) bond motifs is 19. The summed E-state index contributed by atoms with van der Waals surface area (Å²) in [7, 11) is 0. The number of nitrogens with zero attached hydrogens (tertiary/aromatic N) is 4. The molecule has 0 fully saturated rings. The van der Waals surface area contributed by atoms with Gasteiger partial charge >= 0.3 is 0 Å². The Morgan fingerprint density at radius 2 is 0.484 bits per heavy atom. The van der Waals surface area contributed by atoms with Crippen LogP contribution in [-0.4, -0.2) is 0 Å². The summed E-state index contributed by atoms with van der Waals surface area (Å²) in [6.07, 6.45) is 0. The highest BCUT2D eigenvalue weighted by Gasteiger charge is 2.27. The Bertz CT molecular complexity index is 8320. The molecule has 0 spiro atoms. The molecule has 3 heterocycles. The van der Waals surface area contributed by atoms with Crippen molar-refractivity contribution in [3.63, 3.8) is 0 Å². The third-order valence-corrected chi connectivity index (χ3v) is 25.3. The molecule has 606 valence electrons. The molecule has 0 atom stereocenters. The molecule has 0 amide bonds. The molecule has 0 aliphatic rings. The largest absolute Gasteiger partial charge is 0.455 e. The molecule has 0 saturated heterocycles. The van der Waals surface area contributed by atoms with E-state index in [2.05, 4.69) is 483 Å². The molecule has 0 radical (unpaired) electrons. The smallest absolute Gasteiger partial charge is 0.159 e. The van der Waals surface area contributed by atoms with Gasteiger partial charge in [-0.3, -0.25) is 0 Å². The van der Waals surface area contributed by atoms with Crippen LogP contribution in [0, 0.1) is 20.8 Å². The van der Waals surface area contributed by atoms with E-state index < -0.39 is 0 Å². The van der Waals surface area contributed by atoms with Crippen LogP contribution in [0.15, 0.2) is 468 Å². The number of hydrogen-bond acceptors (Lipinski definition) is 7. The quantitative estimate of drug-likeness (QED) is 0.0894. The molecule has 24 rings (SSSR count). The summed E-state index contributed by atoms with van der Waals surface area (Å²) >= 11 is 0. The van der Waals surface area contributed by atoms with E-state index in [1.54, 1.807) is 0 Å². The first kappa shape index (κ1) is 76.2. The molecule has 0 N–H and O–H groups in total. The fourth-order valence-electron chi connectivity index (χ4n) is 19.6. The highest BCUT2D eigenvalue weighted by Crippen LogP contribution is 2.51. The van der Waals surface area contributed by atoms with Crippen molar-refractivity contribution in [2.45, 2.75) is 20.8 Å². The average molecular weight is 1640 g/mol. The zero-order valence-corrected chi connectivity index (χ0v) is 70.8. The maximum absolute atomic E-state index is 7.03. The van der Waals surface area contributed by atoms with Gasteiger partial charge in [0, 0.05) is 106 Å². The first-order chi connectivity index (χ1) is 63.2. The zero-order valence-electron chi connectivity index (χ0n) is 70.8. The van der Waals surface area contributed by atoms with Crippen LogP contribution in [0.1, 0.15) is 16.7 Å². The molecule has 0 bridgehead atoms. The Morgan fingerprint density at radius 3 is 0.938 bits per heavy atom. The lowest BCUT2D eigenvalue weighted by Crippen LogP contribution is -2.13. The van der Waals surface area contributed by atoms with Crippen molar-refractivity contribution in [3.8, 4) is 44.5 Å². The van der Waals surface area contributed by atoms with E-state index in [0.717, 1.165) is 167 Å². The van der Waals surface area contributed by atoms with Crippen LogP contribution in [0.3, 0.4) is 0 Å². The predicted octanol–water partition coefficient (Wildman–Crippen LogP) is 35.2. The molecule has 0 saturated carbocycles. The minimum Gasteiger partial charge on any atom is -0.455 e. The Balaban J connectivity index is 0.000000147. The van der Waals surface area contributed by atoms with Crippen LogP contribution in [0.5, 0.6) is 0 Å². The maximum Gasteiger partial charge on any atom is 0.159 e. The Kier molecular flexibility index (Phi) is 19.1. The lowest BCUT2D eigenvalue weighted by molar-refractivity contribution is 0.668. The summed E-state index contributed by atoms with van der Waals surface area (Å²) in [6.45, 7) is 6.58. The molecule has 7 nitrogen and oxygen atoms in total. The SMILES string of the molecule is Cc1cc(C)c(N(c2ccccc2)c2ccc3c(c2)oc2c4ccc(-c5ccc(N(c6ccccc6)c6ccccc6-c6ccccc6)cc5)cc4c4ccccc4c32)c(C)c1.c1ccc(-c2ccccc2N(c2ccccc2)c2ccc(-c3ccc4c(c3)c3ccccc3c3c5ccc(N(c6ccccc6)c6cccc7c6oc6ccccc67)cc5oc43)cc2)cc1. The summed E-state index contributed by atoms with van der Waals surface area (Å²) in [5.74, 6) is 0. The van der Waals surface area contributed by atoms with Crippen molar-refractivity contribution in [1.29, 1.82) is 0 Å². The van der Waals surface area contributed by atoms with Gasteiger partial charge in [0.15, 0.2) is 5.58 Å². The monoisotopic (exact) mass is 1640 g/mol. The van der Waals surface area contributed by atoms with Gasteiger partial charge in [0.25, 0.3) is 0 Å². The van der Waals surface area contributed by atoms with Crippen LogP contribution in [0.25, 0.3) is 153 Å². The number of hydrogen-bond donors (Lipinski definition) is 0. The third-order valence-electron chi connectivity index (χ3n) is 25.3. The summed E-state index contributed by atoms with van der Waals surface area (Å²) < 4.78 is 20.6. The minimum absolute atomic E-state index is 0.828. The lowest BCUT2D eigenvalue weighted by Gasteiger charge is -2.29. The Hall–Kier alpha value is -16.7. The van der Waals surface area contributed by atoms with Gasteiger partial charge in [-0.1, -0.05) is 303 Å². The normalized spacial score (nSPS) is 11.6. The van der Waals surface area contributed by atoms with Crippen molar-refractivity contribution in [1.82, 2.24) is 0 Å². The van der Waals surface area contributed by atoms with E-state index in [0.29, 0.717) is 0 Å². The topological polar surface area (TPSA) is 52.4 Å². The second kappa shape index (κ2) is 32.2. The van der Waals surface area contributed by atoms with E-state index in [1.807, 2.05) is 12.1 Å². The van der Waals surface area contributed by atoms with E-state index in [9.17, 15) is 0 Å². The van der Waals surface area contributed by atoms with Gasteiger partial charge in [-0.2, -0.15) is 0 Å². The minimum atomic E-state index is 0.828. The van der Waals surface area contributed by atoms with Gasteiger partial charge in [0.2, 0.25) is 0 Å². The van der Waals surface area contributed by atoms with Crippen LogP contribution in [0.4, 0.5) is 68.2 Å². The molecular formula is C121H84N4O3. The molecule has 7 heteroatoms. The van der Waals surface area contributed by atoms with Crippen molar-refractivity contribution in [2.75, 3.05) is 19.6 Å². The van der Waals surface area contributed by atoms with Crippen LogP contribution in [-0.2, 0) is 0 Å². The van der Waals surface area contributed by atoms with E-state index in [1.165, 1.54) is 71.6 Å². The number of anilines is 12. The molecule has 128 heavy (non-hydrogen) atoms. The molecular weight excluding hydrogens is 1560 g/mol. The molecule has 0 aliphatic carbocycles. The van der Waals surface area contributed by atoms with Crippen molar-refractivity contribution in [2.24, 2.45) is 0 Å². The van der Waals surface area contributed by atoms with Crippen molar-refractivity contribution in [3.05, 3.63) is 472 Å². The Labute approximate surface area is 742 Å². The lowest BCUT2D eigenvalue weighted by atomic mass is 9.94. The summed E-state index contributed by atoms with van der Waals surface area (Å²) in [6, 6.07) is 162. The zero-order chi connectivity index (χ0) is 85.3. The van der Waals surface area contributed by atoms with Gasteiger partial charge in [-0.15, -0.1) is 0 Å². The number of para-hydroxylation sites is 8. The molecule has 3 aromatic heterocycles. The van der Waals surface area contributed by atoms with E-state index in [4.69, 9.17) is 13.3 Å². The molecule has 0 unspecified atom stereocenters. The highest BCUT2D eigenvalue weighted by atomic mass is 16.3. The fraction of sp³-hybridized carbons (Fsp3) is 0.0248. The molecule has 24 aromatic rings. The van der Waals surface area contributed by atoms with Crippen LogP contribution in [0.2, 0.25) is 0 Å². The van der Waals surface area contributed by atoms with Crippen LogP contribution < -0.4 is 19.6 Å². The van der Waals surface area contributed by atoms with Gasteiger partial charge in [-0.25, -0.2) is 0 Å². The van der Waals surface area contributed by atoms with Crippen molar-refractivity contribution < 1.29 is 13.3 Å². The average Bonchev–Trinajstić information content (AvgIpc) is 1.55. The predicted molar refractivity (Wildman–Crippen MR) is 539 cm³/mol. The second-order valence-electron chi connectivity index (χ2n) is 33.1. The molecule has 21 aromatic carbocycles. The summed E-state index contributed by atoms with van der Waals surface area (Å²) in [5.41, 5.74) is 31.3. The first-order valence-electron chi connectivity index (χ1n) is 43.8. The standard InChI is InChI=1S/C62H40N2O2.C59H44N2O/c1-4-17-42(18-5-1)48-23-12-14-28-56(48)63(44-19-6-2-7-20-44)46-34-31-41(32-35-46)43-33-37-53-55(39-43)49-24-10-11-26-51(49)60-54-38-36-47(40-59(54)66-62(53)60)64(45-21-8-3-9-22-45)57-29-16-27-52-50-25-13-15-30-58(50)65-61(52)57;1-39-35-40(2)58(41(3)36-39)61(46-21-11-6-12-22-46)48-32-34-53-56(38-48)62-59-52-33-29-44(37-54(52)50-24-13-14-25-51(50)57(53)59)42-27-30-47(31-28-42)60(45-19-9-5-10-20-45)55-26-16-15-23-49(55)43-17-7-4-8-18-43/h1-40H;4-38H,1-3H3. The van der Waals surface area contributed by atoms with Gasteiger partial charge in [-0.05, 0) is 243 Å². The highest BCUT2D eigenvalue weighted by molar-refractivity contribution is 6.32. The van der Waals surface area contributed by atoms with Gasteiger partial charge < -0.3 is 32.9 Å². The Morgan fingerprint density at radius 1 is 0.172 bits per heavy atom. The fourth-order valence-corrected chi connectivity index (χ4v) is 19.6. The number of rotatable bonds is 16. The summed E-state index contributed by atoms with van der Waals surface area (Å²) in [5, 5.41) is 15.9. The third kappa shape index (κ3) is 13.5.